The average molecular weight is 438 g/mol. The van der Waals surface area contributed by atoms with Gasteiger partial charge in [0.1, 0.15) is 0 Å². The van der Waals surface area contributed by atoms with Crippen molar-refractivity contribution in [1.29, 1.82) is 5.41 Å². The lowest BCUT2D eigenvalue weighted by atomic mass is 10.3. The molecule has 0 amide bonds. The predicted octanol–water partition coefficient (Wildman–Crippen LogP) is -1.26. The lowest BCUT2D eigenvalue weighted by Gasteiger charge is -2.34. The van der Waals surface area contributed by atoms with E-state index in [1.807, 2.05) is 35.2 Å². The summed E-state index contributed by atoms with van der Waals surface area (Å²) >= 11 is 0. The third-order valence-electron chi connectivity index (χ3n) is 3.34. The summed E-state index contributed by atoms with van der Waals surface area (Å²) in [4.78, 5) is 13.1. The molecule has 1 aliphatic carbocycles. The van der Waals surface area contributed by atoms with Crippen LogP contribution in [-0.4, -0.2) is 63.4 Å². The van der Waals surface area contributed by atoms with Crippen LogP contribution in [0.1, 0.15) is 0 Å². The van der Waals surface area contributed by atoms with Gasteiger partial charge in [-0.3, -0.25) is 5.41 Å². The summed E-state index contributed by atoms with van der Waals surface area (Å²) < 4.78 is 0. The van der Waals surface area contributed by atoms with Gasteiger partial charge >= 0.3 is 0 Å². The number of hydrogen-bond acceptors (Lipinski definition) is 4. The summed E-state index contributed by atoms with van der Waals surface area (Å²) in [6, 6.07) is 9.84. The van der Waals surface area contributed by atoms with Crippen LogP contribution in [0.4, 0.5) is 5.95 Å². The Bertz CT molecular complexity index is 549. The number of anilines is 1. The van der Waals surface area contributed by atoms with E-state index in [0.29, 0.717) is 0 Å². The zero-order chi connectivity index (χ0) is 13.2. The molecular formula is C13H23IN6O3. The molecule has 130 valence electrons. The molecule has 1 saturated heterocycles. The number of aromatic nitrogens is 2. The van der Waals surface area contributed by atoms with Gasteiger partial charge in [-0.15, -0.1) is 24.0 Å². The molecule has 2 heterocycles. The van der Waals surface area contributed by atoms with Gasteiger partial charge < -0.3 is 32.0 Å². The van der Waals surface area contributed by atoms with Gasteiger partial charge in [0.05, 0.1) is 11.4 Å². The third-order valence-corrected chi connectivity index (χ3v) is 3.34. The number of fused-ring (bicyclic) bond motifs is 1. The van der Waals surface area contributed by atoms with Crippen molar-refractivity contribution in [2.24, 2.45) is 5.73 Å². The van der Waals surface area contributed by atoms with E-state index in [0.717, 1.165) is 43.5 Å². The summed E-state index contributed by atoms with van der Waals surface area (Å²) in [5.41, 5.74) is 7.31. The van der Waals surface area contributed by atoms with Crippen LogP contribution in [0.3, 0.4) is 0 Å². The minimum Gasteiger partial charge on any atom is -0.412 e. The summed E-state index contributed by atoms with van der Waals surface area (Å²) in [5.74, 6) is 0.907. The molecule has 0 aromatic rings. The maximum atomic E-state index is 7.42. The van der Waals surface area contributed by atoms with Crippen LogP contribution in [0.2, 0.25) is 0 Å². The maximum Gasteiger partial charge on any atom is 0.226 e. The van der Waals surface area contributed by atoms with E-state index in [2.05, 4.69) is 14.9 Å². The molecule has 0 radical (unpaired) electrons. The average Bonchev–Trinajstić information content (AvgIpc) is 2.70. The van der Waals surface area contributed by atoms with Crippen molar-refractivity contribution in [1.82, 2.24) is 14.9 Å². The van der Waals surface area contributed by atoms with E-state index < -0.39 is 0 Å². The van der Waals surface area contributed by atoms with E-state index >= 15 is 0 Å². The van der Waals surface area contributed by atoms with Gasteiger partial charge in [0.2, 0.25) is 5.95 Å². The number of halogens is 1. The van der Waals surface area contributed by atoms with Gasteiger partial charge in [-0.2, -0.15) is 0 Å². The van der Waals surface area contributed by atoms with E-state index in [4.69, 9.17) is 11.1 Å². The van der Waals surface area contributed by atoms with E-state index in [1.54, 1.807) is 0 Å². The van der Waals surface area contributed by atoms with Gasteiger partial charge in [-0.1, -0.05) is 18.2 Å². The van der Waals surface area contributed by atoms with Gasteiger partial charge in [0.15, 0.2) is 5.96 Å². The predicted molar refractivity (Wildman–Crippen MR) is 101 cm³/mol. The van der Waals surface area contributed by atoms with Gasteiger partial charge in [0, 0.05) is 26.2 Å². The maximum absolute atomic E-state index is 7.42. The molecule has 0 saturated carbocycles. The Kier molecular flexibility index (Phi) is 10.3. The molecule has 0 unspecified atom stereocenters. The van der Waals surface area contributed by atoms with Crippen molar-refractivity contribution in [3.8, 4) is 11.4 Å². The number of guanidine groups is 1. The number of imidazole rings is 1. The molecule has 0 aromatic carbocycles. The van der Waals surface area contributed by atoms with Crippen molar-refractivity contribution in [3.63, 3.8) is 0 Å². The molecule has 0 spiro atoms. The van der Waals surface area contributed by atoms with Crippen LogP contribution in [-0.2, 0) is 0 Å². The quantitative estimate of drug-likeness (QED) is 0.320. The van der Waals surface area contributed by atoms with Crippen molar-refractivity contribution in [2.75, 3.05) is 31.1 Å². The van der Waals surface area contributed by atoms with Crippen molar-refractivity contribution in [3.05, 3.63) is 30.3 Å². The van der Waals surface area contributed by atoms with Gasteiger partial charge in [-0.25, -0.2) is 9.97 Å². The van der Waals surface area contributed by atoms with Gasteiger partial charge in [-0.05, 0) is 12.1 Å². The Morgan fingerprint density at radius 2 is 1.39 bits per heavy atom. The molecule has 10 heteroatoms. The molecule has 9 nitrogen and oxygen atoms in total. The molecular weight excluding hydrogens is 415 g/mol. The fourth-order valence-electron chi connectivity index (χ4n) is 2.25. The second kappa shape index (κ2) is 10.1. The highest BCUT2D eigenvalue weighted by Gasteiger charge is 2.21. The first-order valence-corrected chi connectivity index (χ1v) is 6.31. The molecule has 2 aliphatic heterocycles. The zero-order valence-electron chi connectivity index (χ0n) is 12.5. The smallest absolute Gasteiger partial charge is 0.226 e. The number of nitrogens with two attached hydrogens (primary N) is 1. The Morgan fingerprint density at radius 1 is 0.913 bits per heavy atom. The molecule has 0 bridgehead atoms. The van der Waals surface area contributed by atoms with Crippen LogP contribution in [0, 0.1) is 5.41 Å². The number of nitrogens with one attached hydrogen (secondary N) is 1. The number of nitrogens with zero attached hydrogens (tertiary/aromatic N) is 4. The second-order valence-corrected chi connectivity index (χ2v) is 4.56. The van der Waals surface area contributed by atoms with E-state index in [1.165, 1.54) is 0 Å². The number of rotatable bonds is 1. The van der Waals surface area contributed by atoms with Gasteiger partial charge in [0.25, 0.3) is 0 Å². The summed E-state index contributed by atoms with van der Waals surface area (Å²) in [5, 5.41) is 7.42. The molecule has 0 atom stereocenters. The van der Waals surface area contributed by atoms with Crippen LogP contribution < -0.4 is 10.6 Å². The Labute approximate surface area is 151 Å². The van der Waals surface area contributed by atoms with Crippen LogP contribution in [0.15, 0.2) is 30.3 Å². The number of hydrogen-bond donors (Lipinski definition) is 2. The zero-order valence-corrected chi connectivity index (χ0v) is 14.8. The summed E-state index contributed by atoms with van der Waals surface area (Å²) in [6.07, 6.45) is 0. The second-order valence-electron chi connectivity index (χ2n) is 4.56. The monoisotopic (exact) mass is 438 g/mol. The fraction of sp³-hybridized carbons (Fsp3) is 0.308. The Balaban J connectivity index is 0. The summed E-state index contributed by atoms with van der Waals surface area (Å²) in [7, 11) is 0. The third kappa shape index (κ3) is 5.13. The number of piperazine rings is 1. The lowest BCUT2D eigenvalue weighted by Crippen LogP contribution is -2.51. The first-order chi connectivity index (χ1) is 9.24. The molecule has 23 heavy (non-hydrogen) atoms. The van der Waals surface area contributed by atoms with Crippen LogP contribution >= 0.6 is 24.0 Å². The topological polar surface area (TPSA) is 177 Å². The molecule has 0 aromatic heterocycles. The van der Waals surface area contributed by atoms with E-state index in [-0.39, 0.29) is 46.4 Å². The van der Waals surface area contributed by atoms with Crippen molar-refractivity contribution < 1.29 is 16.4 Å². The molecule has 1 fully saturated rings. The van der Waals surface area contributed by atoms with Crippen molar-refractivity contribution >= 4 is 35.9 Å². The highest BCUT2D eigenvalue weighted by atomic mass is 127. The van der Waals surface area contributed by atoms with Crippen LogP contribution in [0.25, 0.3) is 11.4 Å². The minimum atomic E-state index is 0. The molecule has 9 N–H and O–H groups in total. The largest absolute Gasteiger partial charge is 0.412 e. The van der Waals surface area contributed by atoms with Crippen molar-refractivity contribution in [2.45, 2.75) is 0 Å². The Hall–Kier alpha value is -1.76. The highest BCUT2D eigenvalue weighted by molar-refractivity contribution is 14.0. The standard InChI is InChI=1S/C13H16N6.HI.3H2O/c14-12(15)18-6-8-19(9-7-18)13-16-10-4-2-1-3-5-11(10)17-13;;;;/h1-5H,6-9H2,(H3,14,15);1H;3*1H2. The fourth-order valence-corrected chi connectivity index (χ4v) is 2.25. The first-order valence-electron chi connectivity index (χ1n) is 6.31. The Morgan fingerprint density at radius 3 is 1.83 bits per heavy atom. The highest BCUT2D eigenvalue weighted by Crippen LogP contribution is 2.22. The summed E-state index contributed by atoms with van der Waals surface area (Å²) in [6.45, 7) is 3.08. The first kappa shape index (κ1) is 23.5. The molecule has 3 rings (SSSR count). The lowest BCUT2D eigenvalue weighted by molar-refractivity contribution is 0.378. The SMILES string of the molecule is I.N=C(N)N1CCN(c2nc3cccccc-3n2)CC1.O.O.O. The minimum absolute atomic E-state index is 0. The molecule has 3 aliphatic rings. The van der Waals surface area contributed by atoms with Crippen LogP contribution in [0.5, 0.6) is 0 Å². The normalized spacial score (nSPS) is 13.0. The van der Waals surface area contributed by atoms with E-state index in [9.17, 15) is 0 Å².